The van der Waals surface area contributed by atoms with Crippen molar-refractivity contribution in [3.8, 4) is 0 Å². The Morgan fingerprint density at radius 3 is 2.41 bits per heavy atom. The first-order valence-electron chi connectivity index (χ1n) is 10.8. The lowest BCUT2D eigenvalue weighted by molar-refractivity contribution is -0.142. The molecule has 0 saturated heterocycles. The fourth-order valence-electron chi connectivity index (χ4n) is 4.70. The van der Waals surface area contributed by atoms with E-state index in [0.29, 0.717) is 11.3 Å². The molecule has 2 heterocycles. The number of rotatable bonds is 5. The summed E-state index contributed by atoms with van der Waals surface area (Å²) < 4.78 is 47.4. The number of hydrogen-bond acceptors (Lipinski definition) is 6. The minimum absolute atomic E-state index is 0.0000803. The summed E-state index contributed by atoms with van der Waals surface area (Å²) in [5.41, 5.74) is -1.89. The van der Waals surface area contributed by atoms with Gasteiger partial charge in [0.15, 0.2) is 0 Å². The molecule has 0 radical (unpaired) electrons. The molecule has 2 aliphatic rings. The van der Waals surface area contributed by atoms with Crippen molar-refractivity contribution >= 4 is 17.5 Å². The van der Waals surface area contributed by atoms with E-state index in [0.717, 1.165) is 6.07 Å². The maximum absolute atomic E-state index is 14.1. The summed E-state index contributed by atoms with van der Waals surface area (Å²) in [6.45, 7) is 4.81. The summed E-state index contributed by atoms with van der Waals surface area (Å²) in [7, 11) is 0. The number of esters is 1. The Labute approximate surface area is 194 Å². The van der Waals surface area contributed by atoms with Crippen LogP contribution in [0.5, 0.6) is 0 Å². The zero-order chi connectivity index (χ0) is 24.7. The second kappa shape index (κ2) is 8.62. The van der Waals surface area contributed by atoms with Crippen LogP contribution < -0.4 is 5.32 Å². The Hall–Kier alpha value is -3.62. The van der Waals surface area contributed by atoms with Crippen LogP contribution >= 0.6 is 0 Å². The number of Topliss-reactive ketones (excluding diaryl/α,β-unsaturated/α-hetero) is 1. The molecule has 6 nitrogen and oxygen atoms in total. The number of hydrogen-bond donors (Lipinski definition) is 1. The minimum Gasteiger partial charge on any atom is -0.463 e. The number of carbonyl (C=O) groups is 2. The number of nitrogens with zero attached hydrogens (tertiary/aromatic N) is 1. The van der Waals surface area contributed by atoms with E-state index in [1.807, 2.05) is 0 Å². The van der Waals surface area contributed by atoms with Crippen LogP contribution in [-0.2, 0) is 20.5 Å². The molecule has 2 aliphatic heterocycles. The first-order valence-corrected chi connectivity index (χ1v) is 10.8. The van der Waals surface area contributed by atoms with E-state index in [4.69, 9.17) is 9.57 Å². The number of oxime groups is 1. The number of nitrogens with one attached hydrogen (secondary N) is 1. The van der Waals surface area contributed by atoms with E-state index in [9.17, 15) is 22.8 Å². The van der Waals surface area contributed by atoms with Gasteiger partial charge in [-0.2, -0.15) is 13.2 Å². The van der Waals surface area contributed by atoms with E-state index in [1.54, 1.807) is 51.1 Å². The molecule has 9 heteroatoms. The largest absolute Gasteiger partial charge is 0.463 e. The zero-order valence-electron chi connectivity index (χ0n) is 18.8. The van der Waals surface area contributed by atoms with Gasteiger partial charge < -0.3 is 14.9 Å². The van der Waals surface area contributed by atoms with Gasteiger partial charge in [-0.25, -0.2) is 4.79 Å². The lowest BCUT2D eigenvalue weighted by atomic mass is 9.68. The van der Waals surface area contributed by atoms with Crippen LogP contribution in [0.3, 0.4) is 0 Å². The van der Waals surface area contributed by atoms with Crippen molar-refractivity contribution in [3.63, 3.8) is 0 Å². The summed E-state index contributed by atoms with van der Waals surface area (Å²) in [5.74, 6) is -3.49. The second-order valence-corrected chi connectivity index (χ2v) is 8.29. The van der Waals surface area contributed by atoms with E-state index in [2.05, 4.69) is 10.5 Å². The van der Waals surface area contributed by atoms with E-state index in [1.165, 1.54) is 18.2 Å². The molecular formula is C25H23F3N2O4. The van der Waals surface area contributed by atoms with Gasteiger partial charge in [-0.1, -0.05) is 53.7 Å². The third-order valence-corrected chi connectivity index (χ3v) is 6.07. The van der Waals surface area contributed by atoms with E-state index >= 15 is 0 Å². The molecule has 0 fully saturated rings. The fourth-order valence-corrected chi connectivity index (χ4v) is 4.70. The number of ketones is 1. The van der Waals surface area contributed by atoms with Crippen LogP contribution in [-0.4, -0.2) is 29.8 Å². The standard InChI is InChI=1S/C25H23F3N2O4/c1-4-33-23(32)18-14(2)29-24(3)20(19(18)16-12-8-9-13-17(16)25(26,27)28)21(30-34-24)22(31)15-10-6-5-7-11-15/h5-13,19-20,29H,4H2,1-3H3/t19-,20-,24+/m0/s1. The maximum atomic E-state index is 14.1. The van der Waals surface area contributed by atoms with Crippen molar-refractivity contribution < 1.29 is 32.3 Å². The molecule has 3 atom stereocenters. The van der Waals surface area contributed by atoms with Crippen LogP contribution in [0.4, 0.5) is 13.2 Å². The van der Waals surface area contributed by atoms with Gasteiger partial charge in [-0.05, 0) is 32.4 Å². The lowest BCUT2D eigenvalue weighted by Crippen LogP contribution is -2.56. The SMILES string of the molecule is CCOC(=O)C1=C(C)N[C@]2(C)ON=C(C(=O)c3ccccc3)[C@@H]2[C@H]1c1ccccc1C(F)(F)F. The summed E-state index contributed by atoms with van der Waals surface area (Å²) in [6.07, 6.45) is -4.69. The lowest BCUT2D eigenvalue weighted by Gasteiger charge is -2.42. The van der Waals surface area contributed by atoms with E-state index < -0.39 is 41.1 Å². The van der Waals surface area contributed by atoms with Gasteiger partial charge in [-0.3, -0.25) is 4.79 Å². The van der Waals surface area contributed by atoms with Gasteiger partial charge in [0.1, 0.15) is 5.71 Å². The Morgan fingerprint density at radius 1 is 1.12 bits per heavy atom. The molecule has 0 bridgehead atoms. The predicted octanol–water partition coefficient (Wildman–Crippen LogP) is 4.83. The first-order chi connectivity index (χ1) is 16.1. The topological polar surface area (TPSA) is 77.0 Å². The first kappa shape index (κ1) is 23.5. The third-order valence-electron chi connectivity index (χ3n) is 6.07. The van der Waals surface area contributed by atoms with Gasteiger partial charge in [0, 0.05) is 17.2 Å². The van der Waals surface area contributed by atoms with Gasteiger partial charge in [0.25, 0.3) is 0 Å². The Balaban J connectivity index is 1.94. The third kappa shape index (κ3) is 3.95. The highest BCUT2D eigenvalue weighted by atomic mass is 19.4. The predicted molar refractivity (Wildman–Crippen MR) is 118 cm³/mol. The molecule has 2 aromatic carbocycles. The number of fused-ring (bicyclic) bond motifs is 1. The number of carbonyl (C=O) groups excluding carboxylic acids is 2. The Morgan fingerprint density at radius 2 is 1.76 bits per heavy atom. The molecule has 0 amide bonds. The summed E-state index contributed by atoms with van der Waals surface area (Å²) in [6, 6.07) is 13.3. The Kier molecular flexibility index (Phi) is 5.97. The minimum atomic E-state index is -4.69. The summed E-state index contributed by atoms with van der Waals surface area (Å²) in [4.78, 5) is 32.0. The molecule has 0 aromatic heterocycles. The number of halogens is 3. The Bertz CT molecular complexity index is 1190. The van der Waals surface area contributed by atoms with Crippen molar-refractivity contribution in [1.82, 2.24) is 5.32 Å². The monoisotopic (exact) mass is 472 g/mol. The van der Waals surface area contributed by atoms with E-state index in [-0.39, 0.29) is 23.5 Å². The summed E-state index contributed by atoms with van der Waals surface area (Å²) >= 11 is 0. The van der Waals surface area contributed by atoms with Crippen LogP contribution in [0, 0.1) is 5.92 Å². The maximum Gasteiger partial charge on any atom is 0.416 e. The van der Waals surface area contributed by atoms with Crippen molar-refractivity contribution in [1.29, 1.82) is 0 Å². The normalized spacial score (nSPS) is 24.0. The quantitative estimate of drug-likeness (QED) is 0.498. The van der Waals surface area contributed by atoms with Crippen molar-refractivity contribution in [2.24, 2.45) is 11.1 Å². The molecule has 4 rings (SSSR count). The molecular weight excluding hydrogens is 449 g/mol. The average Bonchev–Trinajstić information content (AvgIpc) is 3.14. The average molecular weight is 472 g/mol. The van der Waals surface area contributed by atoms with Gasteiger partial charge in [0.2, 0.25) is 11.5 Å². The molecule has 2 aromatic rings. The molecule has 34 heavy (non-hydrogen) atoms. The van der Waals surface area contributed by atoms with Crippen LogP contribution in [0.15, 0.2) is 71.0 Å². The van der Waals surface area contributed by atoms with Gasteiger partial charge in [0.05, 0.1) is 23.7 Å². The number of benzene rings is 2. The molecule has 0 spiro atoms. The highest BCUT2D eigenvalue weighted by Crippen LogP contribution is 2.50. The number of alkyl halides is 3. The highest BCUT2D eigenvalue weighted by Gasteiger charge is 2.58. The molecule has 0 saturated carbocycles. The van der Waals surface area contributed by atoms with Crippen LogP contribution in [0.1, 0.15) is 48.2 Å². The molecule has 178 valence electrons. The van der Waals surface area contributed by atoms with Crippen molar-refractivity contribution in [3.05, 3.63) is 82.6 Å². The number of allylic oxidation sites excluding steroid dienone is 1. The smallest absolute Gasteiger partial charge is 0.416 e. The van der Waals surface area contributed by atoms with Crippen molar-refractivity contribution in [2.75, 3.05) is 6.61 Å². The fraction of sp³-hybridized carbons (Fsp3) is 0.320. The van der Waals surface area contributed by atoms with Crippen molar-refractivity contribution in [2.45, 2.75) is 38.6 Å². The molecule has 0 unspecified atom stereocenters. The highest BCUT2D eigenvalue weighted by molar-refractivity contribution is 6.47. The zero-order valence-corrected chi connectivity index (χ0v) is 18.8. The molecule has 0 aliphatic carbocycles. The van der Waals surface area contributed by atoms with Crippen LogP contribution in [0.2, 0.25) is 0 Å². The summed E-state index contributed by atoms with van der Waals surface area (Å²) in [5, 5.41) is 7.06. The molecule has 1 N–H and O–H groups in total. The van der Waals surface area contributed by atoms with Gasteiger partial charge in [-0.15, -0.1) is 0 Å². The second-order valence-electron chi connectivity index (χ2n) is 8.29. The van der Waals surface area contributed by atoms with Gasteiger partial charge >= 0.3 is 12.1 Å². The van der Waals surface area contributed by atoms with Crippen LogP contribution in [0.25, 0.3) is 0 Å². The number of ether oxygens (including phenoxy) is 1.